The van der Waals surface area contributed by atoms with Crippen molar-refractivity contribution >= 4 is 59.0 Å². The lowest BCUT2D eigenvalue weighted by atomic mass is 9.70. The van der Waals surface area contributed by atoms with E-state index in [1.165, 1.54) is 11.3 Å². The average Bonchev–Trinajstić information content (AvgIpc) is 3.28. The molecule has 1 N–H and O–H groups in total. The van der Waals surface area contributed by atoms with Gasteiger partial charge in [-0.1, -0.05) is 13.8 Å². The van der Waals surface area contributed by atoms with Gasteiger partial charge >= 0.3 is 5.97 Å². The van der Waals surface area contributed by atoms with E-state index >= 15 is 0 Å². The highest BCUT2D eigenvalue weighted by atomic mass is 79.9. The van der Waals surface area contributed by atoms with E-state index in [0.29, 0.717) is 37.2 Å². The molecule has 13 heteroatoms. The third-order valence-corrected chi connectivity index (χ3v) is 13.6. The Labute approximate surface area is 238 Å². The van der Waals surface area contributed by atoms with Crippen molar-refractivity contribution in [2.45, 2.75) is 77.1 Å². The van der Waals surface area contributed by atoms with Crippen LogP contribution in [0.2, 0.25) is 0 Å². The SMILES string of the molecule is CC(C)(C)OC(=O)C[C@]1(c2ccc(Br)s2)CCNCCS1(=O)=O.CC1(C)C2CC[C@]1(CS(=O)(=O)[O-])C(=O)C2. The zero-order chi connectivity index (χ0) is 28.8. The lowest BCUT2D eigenvalue weighted by molar-refractivity contribution is -0.155. The molecule has 0 radical (unpaired) electrons. The molecule has 1 unspecified atom stereocenters. The molecule has 2 saturated carbocycles. The number of ether oxygens (including phenoxy) is 1. The zero-order valence-corrected chi connectivity index (χ0v) is 26.5. The Hall–Kier alpha value is -0.860. The summed E-state index contributed by atoms with van der Waals surface area (Å²) in [6.45, 7) is 10.1. The maximum absolute atomic E-state index is 13.0. The van der Waals surface area contributed by atoms with Crippen LogP contribution in [0.5, 0.6) is 0 Å². The van der Waals surface area contributed by atoms with Gasteiger partial charge in [-0.3, -0.25) is 9.59 Å². The van der Waals surface area contributed by atoms with Crippen molar-refractivity contribution in [3.63, 3.8) is 0 Å². The number of hydrogen-bond donors (Lipinski definition) is 1. The van der Waals surface area contributed by atoms with Crippen LogP contribution in [0.4, 0.5) is 0 Å². The van der Waals surface area contributed by atoms with Crippen molar-refractivity contribution < 1.29 is 35.7 Å². The molecule has 3 atom stereocenters. The summed E-state index contributed by atoms with van der Waals surface area (Å²) >= 11 is 4.75. The predicted molar refractivity (Wildman–Crippen MR) is 149 cm³/mol. The molecule has 1 aromatic rings. The second-order valence-corrected chi connectivity index (χ2v) is 18.3. The standard InChI is InChI=1S/C15H22BrNO4S2.C10H16O4S/c1-14(2,3)21-13(18)10-15(11-4-5-12(16)22-11)6-7-17-8-9-23(15,19)20;1-9(2)7-3-4-10(9,8(11)5-7)6-15(12,13)14/h4-5,17H,6-10H2,1-3H3;7H,3-6H2,1-2H3,(H,12,13,14)/p-1/t15-;7?,10-/m00/s1. The van der Waals surface area contributed by atoms with Crippen molar-refractivity contribution in [1.29, 1.82) is 0 Å². The van der Waals surface area contributed by atoms with Gasteiger partial charge in [0.25, 0.3) is 0 Å². The van der Waals surface area contributed by atoms with Crippen molar-refractivity contribution in [2.24, 2.45) is 16.7 Å². The Bertz CT molecular complexity index is 1280. The lowest BCUT2D eigenvalue weighted by Gasteiger charge is -2.37. The first-order chi connectivity index (χ1) is 17.2. The number of halogens is 1. The number of sulfone groups is 1. The van der Waals surface area contributed by atoms with E-state index in [4.69, 9.17) is 4.74 Å². The minimum absolute atomic E-state index is 0.0192. The highest BCUT2D eigenvalue weighted by molar-refractivity contribution is 9.11. The molecule has 216 valence electrons. The summed E-state index contributed by atoms with van der Waals surface area (Å²) in [5.41, 5.74) is -1.86. The van der Waals surface area contributed by atoms with Crippen LogP contribution >= 0.6 is 27.3 Å². The quantitative estimate of drug-likeness (QED) is 0.370. The Morgan fingerprint density at radius 3 is 2.37 bits per heavy atom. The van der Waals surface area contributed by atoms with Gasteiger partial charge in [0.1, 0.15) is 16.1 Å². The van der Waals surface area contributed by atoms with Gasteiger partial charge < -0.3 is 14.6 Å². The van der Waals surface area contributed by atoms with Gasteiger partial charge in [-0.2, -0.15) is 0 Å². The van der Waals surface area contributed by atoms with Gasteiger partial charge in [0.05, 0.1) is 31.8 Å². The third kappa shape index (κ3) is 6.38. The summed E-state index contributed by atoms with van der Waals surface area (Å²) in [7, 11) is -7.81. The van der Waals surface area contributed by atoms with Gasteiger partial charge in [-0.05, 0) is 86.0 Å². The second kappa shape index (κ2) is 10.8. The molecule has 3 aliphatic rings. The summed E-state index contributed by atoms with van der Waals surface area (Å²) in [5.74, 6) is -0.740. The van der Waals surface area contributed by atoms with Crippen molar-refractivity contribution in [1.82, 2.24) is 5.32 Å². The van der Waals surface area contributed by atoms with Crippen LogP contribution in [-0.4, -0.2) is 63.3 Å². The monoisotopic (exact) mass is 654 g/mol. The highest BCUT2D eigenvalue weighted by Gasteiger charge is 2.64. The molecule has 2 heterocycles. The first-order valence-electron chi connectivity index (χ1n) is 12.6. The second-order valence-electron chi connectivity index (χ2n) is 12.0. The molecule has 1 saturated heterocycles. The van der Waals surface area contributed by atoms with E-state index in [0.717, 1.165) is 10.2 Å². The number of ketones is 1. The van der Waals surface area contributed by atoms with Crippen LogP contribution < -0.4 is 5.32 Å². The maximum atomic E-state index is 13.0. The first-order valence-corrected chi connectivity index (χ1v) is 17.5. The van der Waals surface area contributed by atoms with E-state index in [1.54, 1.807) is 26.8 Å². The van der Waals surface area contributed by atoms with Crippen molar-refractivity contribution in [3.05, 3.63) is 20.8 Å². The predicted octanol–water partition coefficient (Wildman–Crippen LogP) is 3.77. The summed E-state index contributed by atoms with van der Waals surface area (Å²) in [6.07, 6.45) is 2.09. The van der Waals surface area contributed by atoms with Crippen LogP contribution in [0.3, 0.4) is 0 Å². The largest absolute Gasteiger partial charge is 0.748 e. The van der Waals surface area contributed by atoms with E-state index in [9.17, 15) is 31.0 Å². The zero-order valence-electron chi connectivity index (χ0n) is 22.5. The third-order valence-electron chi connectivity index (χ3n) is 8.28. The molecule has 0 amide bonds. The van der Waals surface area contributed by atoms with Crippen LogP contribution in [0.25, 0.3) is 0 Å². The summed E-state index contributed by atoms with van der Waals surface area (Å²) in [5, 5.41) is 3.12. The van der Waals surface area contributed by atoms with E-state index in [-0.39, 0.29) is 29.3 Å². The Morgan fingerprint density at radius 1 is 1.24 bits per heavy atom. The average molecular weight is 656 g/mol. The molecule has 9 nitrogen and oxygen atoms in total. The number of fused-ring (bicyclic) bond motifs is 2. The number of nitrogens with one attached hydrogen (secondary N) is 1. The maximum Gasteiger partial charge on any atom is 0.308 e. The fourth-order valence-corrected chi connectivity index (χ4v) is 11.3. The first kappa shape index (κ1) is 31.7. The lowest BCUT2D eigenvalue weighted by Crippen LogP contribution is -2.42. The minimum atomic E-state index is -4.33. The molecule has 2 aliphatic carbocycles. The summed E-state index contributed by atoms with van der Waals surface area (Å²) < 4.78 is 63.7. The molecular weight excluding hydrogens is 618 g/mol. The molecule has 0 aromatic carbocycles. The molecular formula is C25H37BrNO8S3-. The van der Waals surface area contributed by atoms with E-state index < -0.39 is 47.4 Å². The Balaban J connectivity index is 0.000000230. The Kier molecular flexibility index (Phi) is 9.04. The van der Waals surface area contributed by atoms with Crippen LogP contribution in [-0.2, 0) is 39.0 Å². The minimum Gasteiger partial charge on any atom is -0.748 e. The topological polar surface area (TPSA) is 147 Å². The summed E-state index contributed by atoms with van der Waals surface area (Å²) in [4.78, 5) is 24.9. The van der Waals surface area contributed by atoms with E-state index in [1.807, 2.05) is 19.9 Å². The fraction of sp³-hybridized carbons (Fsp3) is 0.760. The number of thiophene rings is 1. The van der Waals surface area contributed by atoms with E-state index in [2.05, 4.69) is 21.2 Å². The van der Waals surface area contributed by atoms with Crippen molar-refractivity contribution in [2.75, 3.05) is 24.6 Å². The number of hydrogen-bond acceptors (Lipinski definition) is 10. The molecule has 3 fully saturated rings. The summed E-state index contributed by atoms with van der Waals surface area (Å²) in [6, 6.07) is 3.62. The van der Waals surface area contributed by atoms with Gasteiger partial charge in [0, 0.05) is 23.3 Å². The number of carbonyl (C=O) groups excluding carboxylic acids is 2. The molecule has 38 heavy (non-hydrogen) atoms. The molecule has 1 aromatic heterocycles. The smallest absolute Gasteiger partial charge is 0.308 e. The van der Waals surface area contributed by atoms with Gasteiger partial charge in [-0.25, -0.2) is 16.8 Å². The molecule has 1 aliphatic heterocycles. The van der Waals surface area contributed by atoms with Crippen molar-refractivity contribution in [3.8, 4) is 0 Å². The number of Topliss-reactive ketones (excluding diaryl/α,β-unsaturated/α-hetero) is 1. The van der Waals surface area contributed by atoms with Crippen LogP contribution in [0.15, 0.2) is 15.9 Å². The highest BCUT2D eigenvalue weighted by Crippen LogP contribution is 2.64. The Morgan fingerprint density at radius 2 is 1.89 bits per heavy atom. The molecule has 0 spiro atoms. The van der Waals surface area contributed by atoms with Gasteiger partial charge in [-0.15, -0.1) is 11.3 Å². The van der Waals surface area contributed by atoms with Crippen LogP contribution in [0.1, 0.15) is 71.6 Å². The fourth-order valence-electron chi connectivity index (χ4n) is 6.11. The molecule has 2 bridgehead atoms. The number of esters is 1. The molecule has 4 rings (SSSR count). The normalized spacial score (nSPS) is 30.3. The van der Waals surface area contributed by atoms with Gasteiger partial charge in [0.2, 0.25) is 0 Å². The van der Waals surface area contributed by atoms with Crippen LogP contribution in [0, 0.1) is 16.7 Å². The number of carbonyl (C=O) groups is 2. The van der Waals surface area contributed by atoms with Gasteiger partial charge in [0.15, 0.2) is 9.84 Å². The number of rotatable bonds is 5.